The van der Waals surface area contributed by atoms with Crippen LogP contribution in [-0.4, -0.2) is 28.9 Å². The third-order valence-electron chi connectivity index (χ3n) is 4.53. The Balaban J connectivity index is 1.55. The van der Waals surface area contributed by atoms with E-state index in [2.05, 4.69) is 0 Å². The Hall–Kier alpha value is -2.34. The molecule has 0 radical (unpaired) electrons. The molecule has 3 aromatic rings. The average molecular weight is 358 g/mol. The number of hydrogen-bond donors (Lipinski definition) is 0. The number of nitrogens with zero attached hydrogens (tertiary/aromatic N) is 2. The van der Waals surface area contributed by atoms with Gasteiger partial charge in [-0.15, -0.1) is 11.3 Å². The Morgan fingerprint density at radius 1 is 1.16 bits per heavy atom. The zero-order valence-corrected chi connectivity index (χ0v) is 14.2. The van der Waals surface area contributed by atoms with E-state index in [1.807, 2.05) is 24.3 Å². The van der Waals surface area contributed by atoms with Crippen LogP contribution in [0.15, 0.2) is 42.5 Å². The van der Waals surface area contributed by atoms with Crippen LogP contribution in [-0.2, 0) is 0 Å². The molecular formula is C19H16F2N2OS. The molecule has 1 atom stereocenters. The number of likely N-dealkylation sites (tertiary alicyclic amines) is 1. The number of piperidine rings is 1. The molecule has 128 valence electrons. The molecule has 4 rings (SSSR count). The predicted molar refractivity (Wildman–Crippen MR) is 93.9 cm³/mol. The van der Waals surface area contributed by atoms with E-state index in [-0.39, 0.29) is 17.4 Å². The van der Waals surface area contributed by atoms with Gasteiger partial charge < -0.3 is 4.90 Å². The van der Waals surface area contributed by atoms with Crippen LogP contribution in [0, 0.1) is 11.6 Å². The summed E-state index contributed by atoms with van der Waals surface area (Å²) in [5.41, 5.74) is 1.16. The smallest absolute Gasteiger partial charge is 0.253 e. The van der Waals surface area contributed by atoms with Crippen molar-refractivity contribution < 1.29 is 13.6 Å². The van der Waals surface area contributed by atoms with Crippen LogP contribution in [0.1, 0.15) is 34.1 Å². The van der Waals surface area contributed by atoms with Crippen LogP contribution in [0.4, 0.5) is 8.78 Å². The molecule has 0 aliphatic carbocycles. The van der Waals surface area contributed by atoms with E-state index in [0.717, 1.165) is 40.2 Å². The number of thiazole rings is 1. The number of halogens is 2. The minimum Gasteiger partial charge on any atom is -0.338 e. The summed E-state index contributed by atoms with van der Waals surface area (Å²) in [6.07, 6.45) is 1.84. The first kappa shape index (κ1) is 16.1. The van der Waals surface area contributed by atoms with Crippen LogP contribution < -0.4 is 0 Å². The molecule has 1 aliphatic rings. The summed E-state index contributed by atoms with van der Waals surface area (Å²) in [6, 6.07) is 11.3. The Kier molecular flexibility index (Phi) is 4.21. The minimum absolute atomic E-state index is 0.181. The summed E-state index contributed by atoms with van der Waals surface area (Å²) in [5.74, 6) is -2.02. The fraction of sp³-hybridized carbons (Fsp3) is 0.263. The van der Waals surface area contributed by atoms with Crippen molar-refractivity contribution in [3.05, 3.63) is 64.7 Å². The normalized spacial score (nSPS) is 17.8. The average Bonchev–Trinajstić information content (AvgIpc) is 3.08. The predicted octanol–water partition coefficient (Wildman–Crippen LogP) is 4.59. The molecule has 1 unspecified atom stereocenters. The van der Waals surface area contributed by atoms with Gasteiger partial charge in [-0.2, -0.15) is 0 Å². The topological polar surface area (TPSA) is 33.2 Å². The molecule has 3 nitrogen and oxygen atoms in total. The lowest BCUT2D eigenvalue weighted by Gasteiger charge is -2.32. The van der Waals surface area contributed by atoms with E-state index < -0.39 is 11.6 Å². The molecule has 2 heterocycles. The molecule has 1 aliphatic heterocycles. The Morgan fingerprint density at radius 3 is 2.80 bits per heavy atom. The van der Waals surface area contributed by atoms with Crippen LogP contribution in [0.5, 0.6) is 0 Å². The SMILES string of the molecule is O=C(c1ccc(F)c(F)c1)N1CCCC(c2nc3ccccc3s2)C1. The van der Waals surface area contributed by atoms with E-state index in [1.165, 1.54) is 6.07 Å². The van der Waals surface area contributed by atoms with Crippen LogP contribution >= 0.6 is 11.3 Å². The van der Waals surface area contributed by atoms with Gasteiger partial charge in [-0.1, -0.05) is 12.1 Å². The third kappa shape index (κ3) is 3.14. The molecule has 0 saturated carbocycles. The summed E-state index contributed by atoms with van der Waals surface area (Å²) in [6.45, 7) is 1.18. The second-order valence-corrected chi connectivity index (χ2v) is 7.30. The first-order chi connectivity index (χ1) is 12.1. The van der Waals surface area contributed by atoms with E-state index in [0.29, 0.717) is 13.1 Å². The van der Waals surface area contributed by atoms with Gasteiger partial charge >= 0.3 is 0 Å². The maximum Gasteiger partial charge on any atom is 0.253 e. The van der Waals surface area contributed by atoms with Gasteiger partial charge in [0, 0.05) is 24.6 Å². The number of benzene rings is 2. The molecular weight excluding hydrogens is 342 g/mol. The van der Waals surface area contributed by atoms with Crippen LogP contribution in [0.25, 0.3) is 10.2 Å². The summed E-state index contributed by atoms with van der Waals surface area (Å²) >= 11 is 1.66. The molecule has 0 spiro atoms. The van der Waals surface area contributed by atoms with Crippen molar-refractivity contribution in [2.75, 3.05) is 13.1 Å². The highest BCUT2D eigenvalue weighted by molar-refractivity contribution is 7.18. The minimum atomic E-state index is -0.995. The first-order valence-electron chi connectivity index (χ1n) is 8.21. The van der Waals surface area contributed by atoms with Gasteiger partial charge in [0.25, 0.3) is 5.91 Å². The Labute approximate surface area is 147 Å². The van der Waals surface area contributed by atoms with Crippen molar-refractivity contribution in [2.45, 2.75) is 18.8 Å². The molecule has 1 aromatic heterocycles. The number of hydrogen-bond acceptors (Lipinski definition) is 3. The quantitative estimate of drug-likeness (QED) is 0.671. The van der Waals surface area contributed by atoms with Crippen molar-refractivity contribution in [1.82, 2.24) is 9.88 Å². The van der Waals surface area contributed by atoms with Crippen molar-refractivity contribution in [1.29, 1.82) is 0 Å². The zero-order chi connectivity index (χ0) is 17.4. The number of aromatic nitrogens is 1. The van der Waals surface area contributed by atoms with Gasteiger partial charge in [-0.3, -0.25) is 4.79 Å². The van der Waals surface area contributed by atoms with Gasteiger partial charge in [-0.25, -0.2) is 13.8 Å². The van der Waals surface area contributed by atoms with Gasteiger partial charge in [-0.05, 0) is 43.2 Å². The summed E-state index contributed by atoms with van der Waals surface area (Å²) in [4.78, 5) is 19.0. The number of rotatable bonds is 2. The number of fused-ring (bicyclic) bond motifs is 1. The Morgan fingerprint density at radius 2 is 2.00 bits per heavy atom. The van der Waals surface area contributed by atoms with E-state index >= 15 is 0 Å². The number of para-hydroxylation sites is 1. The largest absolute Gasteiger partial charge is 0.338 e. The fourth-order valence-corrected chi connectivity index (χ4v) is 4.33. The highest BCUT2D eigenvalue weighted by atomic mass is 32.1. The maximum atomic E-state index is 13.4. The van der Waals surface area contributed by atoms with E-state index in [4.69, 9.17) is 4.98 Å². The van der Waals surface area contributed by atoms with Crippen LogP contribution in [0.2, 0.25) is 0 Å². The third-order valence-corrected chi connectivity index (χ3v) is 5.73. The van der Waals surface area contributed by atoms with Gasteiger partial charge in [0.15, 0.2) is 11.6 Å². The molecule has 1 saturated heterocycles. The van der Waals surface area contributed by atoms with Crippen molar-refractivity contribution in [3.63, 3.8) is 0 Å². The summed E-state index contributed by atoms with van der Waals surface area (Å²) in [5, 5.41) is 1.03. The monoisotopic (exact) mass is 358 g/mol. The summed E-state index contributed by atoms with van der Waals surface area (Å²) < 4.78 is 27.6. The first-order valence-corrected chi connectivity index (χ1v) is 9.03. The zero-order valence-electron chi connectivity index (χ0n) is 13.4. The van der Waals surface area contributed by atoms with E-state index in [1.54, 1.807) is 16.2 Å². The maximum absolute atomic E-state index is 13.4. The molecule has 2 aromatic carbocycles. The van der Waals surface area contributed by atoms with Crippen LogP contribution in [0.3, 0.4) is 0 Å². The standard InChI is InChI=1S/C19H16F2N2OS/c20-14-8-7-12(10-15(14)21)19(24)23-9-3-4-13(11-23)18-22-16-5-1-2-6-17(16)25-18/h1-2,5-8,10,13H,3-4,9,11H2. The van der Waals surface area contributed by atoms with Crippen molar-refractivity contribution >= 4 is 27.5 Å². The summed E-state index contributed by atoms with van der Waals surface area (Å²) in [7, 11) is 0. The lowest BCUT2D eigenvalue weighted by molar-refractivity contribution is 0.0706. The highest BCUT2D eigenvalue weighted by Gasteiger charge is 2.27. The second kappa shape index (κ2) is 6.52. The second-order valence-electron chi connectivity index (χ2n) is 6.24. The van der Waals surface area contributed by atoms with Gasteiger partial charge in [0.2, 0.25) is 0 Å². The number of carbonyl (C=O) groups excluding carboxylic acids is 1. The Bertz CT molecular complexity index is 907. The molecule has 25 heavy (non-hydrogen) atoms. The molecule has 0 bridgehead atoms. The van der Waals surface area contributed by atoms with Gasteiger partial charge in [0.1, 0.15) is 0 Å². The molecule has 6 heteroatoms. The van der Waals surface area contributed by atoms with Gasteiger partial charge in [0.05, 0.1) is 15.2 Å². The molecule has 1 amide bonds. The van der Waals surface area contributed by atoms with E-state index in [9.17, 15) is 13.6 Å². The highest BCUT2D eigenvalue weighted by Crippen LogP contribution is 2.33. The molecule has 0 N–H and O–H groups in total. The number of amides is 1. The van der Waals surface area contributed by atoms with Crippen molar-refractivity contribution in [3.8, 4) is 0 Å². The van der Waals surface area contributed by atoms with Crippen molar-refractivity contribution in [2.24, 2.45) is 0 Å². The number of carbonyl (C=O) groups is 1. The molecule has 1 fully saturated rings. The lowest BCUT2D eigenvalue weighted by Crippen LogP contribution is -2.39. The lowest BCUT2D eigenvalue weighted by atomic mass is 9.98. The fourth-order valence-electron chi connectivity index (χ4n) is 3.24.